The van der Waals surface area contributed by atoms with E-state index in [9.17, 15) is 9.59 Å². The Labute approximate surface area is 143 Å². The predicted octanol–water partition coefficient (Wildman–Crippen LogP) is 1.73. The van der Waals surface area contributed by atoms with Crippen LogP contribution < -0.4 is 10.5 Å². The lowest BCUT2D eigenvalue weighted by molar-refractivity contribution is -0.131. The van der Waals surface area contributed by atoms with E-state index in [1.54, 1.807) is 4.90 Å². The maximum atomic E-state index is 12.5. The molecule has 1 saturated carbocycles. The van der Waals surface area contributed by atoms with E-state index < -0.39 is 0 Å². The number of aromatic nitrogens is 2. The van der Waals surface area contributed by atoms with Crippen molar-refractivity contribution in [3.05, 3.63) is 21.6 Å². The van der Waals surface area contributed by atoms with Gasteiger partial charge in [-0.3, -0.25) is 14.6 Å². The van der Waals surface area contributed by atoms with Gasteiger partial charge in [-0.25, -0.2) is 4.98 Å². The Hall–Kier alpha value is -1.85. The molecule has 6 heteroatoms. The Balaban J connectivity index is 1.63. The van der Waals surface area contributed by atoms with Crippen molar-refractivity contribution < 1.29 is 4.79 Å². The first-order chi connectivity index (χ1) is 11.5. The van der Waals surface area contributed by atoms with Crippen LogP contribution in [0.15, 0.2) is 4.79 Å². The van der Waals surface area contributed by atoms with E-state index in [1.807, 2.05) is 19.0 Å². The Morgan fingerprint density at radius 3 is 2.67 bits per heavy atom. The van der Waals surface area contributed by atoms with Gasteiger partial charge in [-0.05, 0) is 18.8 Å². The molecule has 1 aromatic heterocycles. The largest absolute Gasteiger partial charge is 0.348 e. The normalized spacial score (nSPS) is 18.3. The number of fused-ring (bicyclic) bond motifs is 1. The van der Waals surface area contributed by atoms with Crippen LogP contribution in [0.5, 0.6) is 0 Å². The number of nitrogens with zero attached hydrogens (tertiary/aromatic N) is 3. The van der Waals surface area contributed by atoms with Crippen LogP contribution in [0.25, 0.3) is 0 Å². The van der Waals surface area contributed by atoms with Crippen molar-refractivity contribution in [1.82, 2.24) is 14.9 Å². The Bertz CT molecular complexity index is 647. The smallest absolute Gasteiger partial charge is 0.255 e. The van der Waals surface area contributed by atoms with E-state index in [0.29, 0.717) is 38.3 Å². The van der Waals surface area contributed by atoms with Crippen LogP contribution in [0.3, 0.4) is 0 Å². The summed E-state index contributed by atoms with van der Waals surface area (Å²) >= 11 is 0. The summed E-state index contributed by atoms with van der Waals surface area (Å²) < 4.78 is 0. The molecule has 24 heavy (non-hydrogen) atoms. The van der Waals surface area contributed by atoms with Gasteiger partial charge in [-0.2, -0.15) is 0 Å². The van der Waals surface area contributed by atoms with E-state index in [4.69, 9.17) is 0 Å². The lowest BCUT2D eigenvalue weighted by atomic mass is 10.0. The van der Waals surface area contributed by atoms with Gasteiger partial charge in [-0.15, -0.1) is 0 Å². The molecule has 0 aromatic carbocycles. The molecule has 1 aromatic rings. The van der Waals surface area contributed by atoms with Crippen molar-refractivity contribution in [2.24, 2.45) is 5.92 Å². The van der Waals surface area contributed by atoms with Gasteiger partial charge in [0.05, 0.1) is 5.69 Å². The lowest BCUT2D eigenvalue weighted by Gasteiger charge is -2.21. The molecule has 0 saturated heterocycles. The summed E-state index contributed by atoms with van der Waals surface area (Å²) in [6, 6.07) is 0. The summed E-state index contributed by atoms with van der Waals surface area (Å²) in [6.45, 7) is 1.29. The molecule has 2 heterocycles. The first-order valence-electron chi connectivity index (χ1n) is 9.11. The quantitative estimate of drug-likeness (QED) is 0.912. The molecule has 3 rings (SSSR count). The second-order valence-electron chi connectivity index (χ2n) is 7.28. The number of hydrogen-bond acceptors (Lipinski definition) is 4. The van der Waals surface area contributed by atoms with Gasteiger partial charge in [0, 0.05) is 45.6 Å². The van der Waals surface area contributed by atoms with Gasteiger partial charge >= 0.3 is 0 Å². The van der Waals surface area contributed by atoms with Crippen LogP contribution in [0.4, 0.5) is 5.95 Å². The molecule has 132 valence electrons. The molecule has 1 aliphatic heterocycles. The van der Waals surface area contributed by atoms with Gasteiger partial charge in [0.25, 0.3) is 5.56 Å². The van der Waals surface area contributed by atoms with Crippen LogP contribution >= 0.6 is 0 Å². The first-order valence-corrected chi connectivity index (χ1v) is 9.11. The molecule has 0 unspecified atom stereocenters. The number of aromatic amines is 1. The SMILES string of the molecule is CN(C)c1nc2c(c(=O)[nH]1)CCN(C(=O)CCC1CCCC1)CC2. The molecular weight excluding hydrogens is 304 g/mol. The maximum absolute atomic E-state index is 12.5. The monoisotopic (exact) mass is 332 g/mol. The number of amides is 1. The second-order valence-corrected chi connectivity index (χ2v) is 7.28. The van der Waals surface area contributed by atoms with E-state index in [0.717, 1.165) is 23.6 Å². The Morgan fingerprint density at radius 2 is 1.96 bits per heavy atom. The molecule has 6 nitrogen and oxygen atoms in total. The average molecular weight is 332 g/mol. The zero-order valence-corrected chi connectivity index (χ0v) is 14.8. The molecule has 0 bridgehead atoms. The average Bonchev–Trinajstić information content (AvgIpc) is 2.97. The molecule has 2 aliphatic rings. The number of anilines is 1. The summed E-state index contributed by atoms with van der Waals surface area (Å²) in [5.41, 5.74) is 1.52. The first kappa shape index (κ1) is 17.0. The molecule has 1 aliphatic carbocycles. The fourth-order valence-electron chi connectivity index (χ4n) is 3.84. The van der Waals surface area contributed by atoms with Crippen LogP contribution in [-0.2, 0) is 17.6 Å². The third-order valence-corrected chi connectivity index (χ3v) is 5.36. The topological polar surface area (TPSA) is 69.3 Å². The molecule has 0 spiro atoms. The summed E-state index contributed by atoms with van der Waals surface area (Å²) in [5, 5.41) is 0. The fraction of sp³-hybridized carbons (Fsp3) is 0.722. The van der Waals surface area contributed by atoms with Crippen LogP contribution in [-0.4, -0.2) is 48.0 Å². The van der Waals surface area contributed by atoms with Crippen molar-refractivity contribution in [3.8, 4) is 0 Å². The van der Waals surface area contributed by atoms with Gasteiger partial charge < -0.3 is 9.80 Å². The zero-order chi connectivity index (χ0) is 17.1. The highest BCUT2D eigenvalue weighted by molar-refractivity contribution is 5.76. The van der Waals surface area contributed by atoms with E-state index in [-0.39, 0.29) is 11.5 Å². The van der Waals surface area contributed by atoms with Crippen molar-refractivity contribution in [1.29, 1.82) is 0 Å². The number of nitrogens with one attached hydrogen (secondary N) is 1. The number of H-pyrrole nitrogens is 1. The van der Waals surface area contributed by atoms with Gasteiger partial charge in [-0.1, -0.05) is 25.7 Å². The minimum absolute atomic E-state index is 0.0658. The zero-order valence-electron chi connectivity index (χ0n) is 14.8. The van der Waals surface area contributed by atoms with E-state index in [2.05, 4.69) is 9.97 Å². The third-order valence-electron chi connectivity index (χ3n) is 5.36. The van der Waals surface area contributed by atoms with Crippen LogP contribution in [0.2, 0.25) is 0 Å². The molecule has 1 fully saturated rings. The van der Waals surface area contributed by atoms with Crippen LogP contribution in [0.1, 0.15) is 49.8 Å². The predicted molar refractivity (Wildman–Crippen MR) is 94.4 cm³/mol. The van der Waals surface area contributed by atoms with Gasteiger partial charge in [0.2, 0.25) is 11.9 Å². The number of rotatable bonds is 4. The van der Waals surface area contributed by atoms with Gasteiger partial charge in [0.15, 0.2) is 0 Å². The molecule has 1 amide bonds. The number of carbonyl (C=O) groups is 1. The Morgan fingerprint density at radius 1 is 1.25 bits per heavy atom. The second kappa shape index (κ2) is 7.36. The van der Waals surface area contributed by atoms with Crippen LogP contribution in [0, 0.1) is 5.92 Å². The van der Waals surface area contributed by atoms with E-state index >= 15 is 0 Å². The molecule has 0 radical (unpaired) electrons. The Kier molecular flexibility index (Phi) is 5.21. The highest BCUT2D eigenvalue weighted by atomic mass is 16.2. The van der Waals surface area contributed by atoms with Crippen molar-refractivity contribution in [3.63, 3.8) is 0 Å². The lowest BCUT2D eigenvalue weighted by Crippen LogP contribution is -2.33. The molecule has 0 atom stereocenters. The number of carbonyl (C=O) groups excluding carboxylic acids is 1. The minimum atomic E-state index is -0.0658. The molecule has 1 N–H and O–H groups in total. The summed E-state index contributed by atoms with van der Waals surface area (Å²) in [6.07, 6.45) is 8.13. The molecular formula is C18H28N4O2. The van der Waals surface area contributed by atoms with Gasteiger partial charge in [0.1, 0.15) is 0 Å². The maximum Gasteiger partial charge on any atom is 0.255 e. The highest BCUT2D eigenvalue weighted by Crippen LogP contribution is 2.28. The number of hydrogen-bond donors (Lipinski definition) is 1. The standard InChI is InChI=1S/C18H28N4O2/c1-21(2)18-19-15-10-12-22(11-9-14(15)17(24)20-18)16(23)8-7-13-5-3-4-6-13/h13H,3-12H2,1-2H3,(H,19,20,24). The fourth-order valence-corrected chi connectivity index (χ4v) is 3.84. The third kappa shape index (κ3) is 3.79. The van der Waals surface area contributed by atoms with E-state index in [1.165, 1.54) is 25.7 Å². The summed E-state index contributed by atoms with van der Waals surface area (Å²) in [4.78, 5) is 35.9. The van der Waals surface area contributed by atoms with Crippen molar-refractivity contribution >= 4 is 11.9 Å². The van der Waals surface area contributed by atoms with Crippen molar-refractivity contribution in [2.45, 2.75) is 51.4 Å². The summed E-state index contributed by atoms with van der Waals surface area (Å²) in [7, 11) is 3.72. The highest BCUT2D eigenvalue weighted by Gasteiger charge is 2.23. The minimum Gasteiger partial charge on any atom is -0.348 e. The van der Waals surface area contributed by atoms with Crippen molar-refractivity contribution in [2.75, 3.05) is 32.1 Å². The summed E-state index contributed by atoms with van der Waals surface area (Å²) in [5.74, 6) is 1.56.